The van der Waals surface area contributed by atoms with E-state index in [4.69, 9.17) is 13.9 Å². The van der Waals surface area contributed by atoms with E-state index in [1.807, 2.05) is 6.92 Å². The van der Waals surface area contributed by atoms with E-state index in [0.717, 1.165) is 12.8 Å². The van der Waals surface area contributed by atoms with Gasteiger partial charge in [-0.05, 0) is 19.8 Å². The van der Waals surface area contributed by atoms with Gasteiger partial charge in [0.2, 0.25) is 0 Å². The molecule has 1 saturated heterocycles. The number of carbonyl (C=O) groups is 2. The molecule has 0 unspecified atom stereocenters. The molecule has 2 aliphatic heterocycles. The zero-order valence-electron chi connectivity index (χ0n) is 14.0. The van der Waals surface area contributed by atoms with Crippen molar-refractivity contribution in [2.24, 2.45) is 0 Å². The Morgan fingerprint density at radius 3 is 3.04 bits per heavy atom. The molecule has 1 fully saturated rings. The molecule has 0 saturated carbocycles. The molecule has 8 heteroatoms. The van der Waals surface area contributed by atoms with Crippen molar-refractivity contribution >= 4 is 11.8 Å². The van der Waals surface area contributed by atoms with Gasteiger partial charge in [0, 0.05) is 32.7 Å². The topological polar surface area (TPSA) is 93.9 Å². The van der Waals surface area contributed by atoms with Gasteiger partial charge in [0.15, 0.2) is 0 Å². The van der Waals surface area contributed by atoms with Crippen molar-refractivity contribution in [1.82, 2.24) is 15.2 Å². The number of aromatic nitrogens is 1. The quantitative estimate of drug-likeness (QED) is 0.841. The normalized spacial score (nSPS) is 21.4. The van der Waals surface area contributed by atoms with E-state index in [1.54, 1.807) is 12.0 Å². The Kier molecular flexibility index (Phi) is 5.15. The fourth-order valence-electron chi connectivity index (χ4n) is 3.04. The Bertz CT molecular complexity index is 609. The molecule has 0 aliphatic carbocycles. The number of nitrogens with zero attached hydrogens (tertiary/aromatic N) is 2. The van der Waals surface area contributed by atoms with Crippen LogP contribution in [0.25, 0.3) is 0 Å². The van der Waals surface area contributed by atoms with E-state index in [0.29, 0.717) is 44.2 Å². The van der Waals surface area contributed by atoms with Crippen molar-refractivity contribution in [1.29, 1.82) is 0 Å². The van der Waals surface area contributed by atoms with E-state index in [-0.39, 0.29) is 29.9 Å². The Balaban J connectivity index is 1.64. The number of ether oxygens (including phenoxy) is 2. The van der Waals surface area contributed by atoms with Crippen LogP contribution < -0.4 is 5.32 Å². The van der Waals surface area contributed by atoms with Gasteiger partial charge in [0.1, 0.15) is 17.6 Å². The highest BCUT2D eigenvalue weighted by Gasteiger charge is 2.32. The second kappa shape index (κ2) is 7.31. The summed E-state index contributed by atoms with van der Waals surface area (Å²) in [6.07, 6.45) is 1.91. The summed E-state index contributed by atoms with van der Waals surface area (Å²) in [4.78, 5) is 30.6. The van der Waals surface area contributed by atoms with Crippen molar-refractivity contribution in [2.45, 2.75) is 44.9 Å². The van der Waals surface area contributed by atoms with E-state index in [9.17, 15) is 9.59 Å². The molecule has 0 aromatic carbocycles. The second-order valence-electron chi connectivity index (χ2n) is 6.23. The van der Waals surface area contributed by atoms with Crippen molar-refractivity contribution in [3.63, 3.8) is 0 Å². The molecule has 0 bridgehead atoms. The number of hydrogen-bond acceptors (Lipinski definition) is 6. The Morgan fingerprint density at radius 2 is 2.33 bits per heavy atom. The Morgan fingerprint density at radius 1 is 1.50 bits per heavy atom. The Labute approximate surface area is 140 Å². The first-order valence-corrected chi connectivity index (χ1v) is 8.27. The zero-order valence-corrected chi connectivity index (χ0v) is 14.0. The van der Waals surface area contributed by atoms with Gasteiger partial charge in [-0.1, -0.05) is 0 Å². The lowest BCUT2D eigenvalue weighted by molar-refractivity contribution is -0.142. The van der Waals surface area contributed by atoms with Crippen molar-refractivity contribution in [2.75, 3.05) is 26.9 Å². The summed E-state index contributed by atoms with van der Waals surface area (Å²) in [5.74, 6) is 0.345. The van der Waals surface area contributed by atoms with Crippen LogP contribution >= 0.6 is 0 Å². The van der Waals surface area contributed by atoms with Crippen molar-refractivity contribution in [3.05, 3.63) is 17.3 Å². The molecule has 0 radical (unpaired) electrons. The maximum absolute atomic E-state index is 12.4. The molecule has 3 rings (SSSR count). The van der Waals surface area contributed by atoms with Gasteiger partial charge < -0.3 is 24.1 Å². The zero-order chi connectivity index (χ0) is 17.1. The number of rotatable bonds is 5. The third-order valence-electron chi connectivity index (χ3n) is 4.23. The van der Waals surface area contributed by atoms with Crippen LogP contribution in [-0.4, -0.2) is 60.7 Å². The van der Waals surface area contributed by atoms with Gasteiger partial charge in [-0.25, -0.2) is 4.98 Å². The number of nitrogens with one attached hydrogen (secondary N) is 1. The molecule has 24 heavy (non-hydrogen) atoms. The lowest BCUT2D eigenvalue weighted by Gasteiger charge is -2.27. The van der Waals surface area contributed by atoms with Crippen LogP contribution in [-0.2, 0) is 27.2 Å². The minimum Gasteiger partial charge on any atom is -0.437 e. The fourth-order valence-corrected chi connectivity index (χ4v) is 3.04. The number of oxazole rings is 1. The molecule has 1 aromatic rings. The van der Waals surface area contributed by atoms with E-state index < -0.39 is 0 Å². The molecular weight excluding hydrogens is 314 g/mol. The molecule has 1 aromatic heterocycles. The summed E-state index contributed by atoms with van der Waals surface area (Å²) in [5.41, 5.74) is 0.650. The highest BCUT2D eigenvalue weighted by atomic mass is 16.5. The first kappa shape index (κ1) is 16.9. The molecule has 3 heterocycles. The monoisotopic (exact) mass is 337 g/mol. The lowest BCUT2D eigenvalue weighted by Crippen LogP contribution is -2.41. The lowest BCUT2D eigenvalue weighted by atomic mass is 10.1. The van der Waals surface area contributed by atoms with Crippen LogP contribution in [0, 0.1) is 0 Å². The van der Waals surface area contributed by atoms with Gasteiger partial charge in [0.25, 0.3) is 11.8 Å². The highest BCUT2D eigenvalue weighted by Crippen LogP contribution is 2.23. The molecular formula is C16H23N3O5. The molecule has 2 aliphatic rings. The van der Waals surface area contributed by atoms with Crippen LogP contribution in [0.3, 0.4) is 0 Å². The van der Waals surface area contributed by atoms with E-state index in [1.165, 1.54) is 0 Å². The average molecular weight is 337 g/mol. The SMILES string of the molecule is COC[C@H](C)NC(=O)c1nc2c(o1)CCN(C(=O)[C@H]1CCCO1)C2. The van der Waals surface area contributed by atoms with E-state index >= 15 is 0 Å². The molecule has 1 N–H and O–H groups in total. The largest absolute Gasteiger partial charge is 0.437 e. The summed E-state index contributed by atoms with van der Waals surface area (Å²) in [7, 11) is 1.58. The van der Waals surface area contributed by atoms with Crippen LogP contribution in [0.2, 0.25) is 0 Å². The minimum atomic E-state index is -0.369. The first-order chi connectivity index (χ1) is 11.6. The summed E-state index contributed by atoms with van der Waals surface area (Å²) in [5, 5.41) is 2.76. The van der Waals surface area contributed by atoms with Crippen molar-refractivity contribution in [3.8, 4) is 0 Å². The summed E-state index contributed by atoms with van der Waals surface area (Å²) in [6, 6.07) is -0.135. The predicted molar refractivity (Wildman–Crippen MR) is 83.4 cm³/mol. The maximum atomic E-state index is 12.4. The van der Waals surface area contributed by atoms with Crippen LogP contribution in [0.1, 0.15) is 41.9 Å². The number of methoxy groups -OCH3 is 1. The number of fused-ring (bicyclic) bond motifs is 1. The van der Waals surface area contributed by atoms with Gasteiger partial charge in [-0.3, -0.25) is 9.59 Å². The smallest absolute Gasteiger partial charge is 0.307 e. The molecule has 2 atom stereocenters. The third-order valence-corrected chi connectivity index (χ3v) is 4.23. The Hall–Kier alpha value is -1.93. The summed E-state index contributed by atoms with van der Waals surface area (Å²) in [6.45, 7) is 3.81. The number of amides is 2. The first-order valence-electron chi connectivity index (χ1n) is 8.27. The summed E-state index contributed by atoms with van der Waals surface area (Å²) < 4.78 is 16.0. The molecule has 132 valence electrons. The highest BCUT2D eigenvalue weighted by molar-refractivity contribution is 5.90. The summed E-state index contributed by atoms with van der Waals surface area (Å²) >= 11 is 0. The van der Waals surface area contributed by atoms with Crippen LogP contribution in [0.5, 0.6) is 0 Å². The standard InChI is InChI=1S/C16H23N3O5/c1-10(9-22-2)17-14(20)15-18-11-8-19(6-5-12(11)24-15)16(21)13-4-3-7-23-13/h10,13H,3-9H2,1-2H3,(H,17,20)/t10-,13+/m0/s1. The van der Waals surface area contributed by atoms with Gasteiger partial charge in [-0.2, -0.15) is 0 Å². The minimum absolute atomic E-state index is 0.000804. The van der Waals surface area contributed by atoms with E-state index in [2.05, 4.69) is 10.3 Å². The number of carbonyl (C=O) groups excluding carboxylic acids is 2. The van der Waals surface area contributed by atoms with Gasteiger partial charge in [0.05, 0.1) is 13.2 Å². The van der Waals surface area contributed by atoms with Crippen molar-refractivity contribution < 1.29 is 23.5 Å². The third kappa shape index (κ3) is 3.59. The van der Waals surface area contributed by atoms with Crippen LogP contribution in [0.15, 0.2) is 4.42 Å². The molecule has 0 spiro atoms. The second-order valence-corrected chi connectivity index (χ2v) is 6.23. The van der Waals surface area contributed by atoms with Gasteiger partial charge >= 0.3 is 5.91 Å². The molecule has 8 nitrogen and oxygen atoms in total. The van der Waals surface area contributed by atoms with Gasteiger partial charge in [-0.15, -0.1) is 0 Å². The maximum Gasteiger partial charge on any atom is 0.307 e. The van der Waals surface area contributed by atoms with Crippen LogP contribution in [0.4, 0.5) is 0 Å². The number of hydrogen-bond donors (Lipinski definition) is 1. The average Bonchev–Trinajstić information content (AvgIpc) is 3.23. The molecule has 2 amide bonds. The fraction of sp³-hybridized carbons (Fsp3) is 0.688. The predicted octanol–water partition coefficient (Wildman–Crippen LogP) is 0.503.